The maximum Gasteiger partial charge on any atom is 0.419 e. The van der Waals surface area contributed by atoms with Crippen molar-refractivity contribution >= 4 is 0 Å². The zero-order valence-electron chi connectivity index (χ0n) is 11.4. The van der Waals surface area contributed by atoms with Crippen molar-refractivity contribution in [1.82, 2.24) is 4.98 Å². The Morgan fingerprint density at radius 3 is 2.29 bits per heavy atom. The van der Waals surface area contributed by atoms with E-state index in [2.05, 4.69) is 4.98 Å². The lowest BCUT2D eigenvalue weighted by molar-refractivity contribution is -0.140. The first-order valence-corrected chi connectivity index (χ1v) is 6.19. The summed E-state index contributed by atoms with van der Waals surface area (Å²) in [5.74, 6) is -1.41. The summed E-state index contributed by atoms with van der Waals surface area (Å²) in [6, 6.07) is 5.69. The van der Waals surface area contributed by atoms with Crippen LogP contribution in [0.25, 0.3) is 0 Å². The molecule has 21 heavy (non-hydrogen) atoms. The molecule has 2 aromatic rings. The van der Waals surface area contributed by atoms with Gasteiger partial charge in [0, 0.05) is 17.0 Å². The molecule has 1 aromatic carbocycles. The Morgan fingerprint density at radius 2 is 1.76 bits per heavy atom. The molecule has 1 aromatic heterocycles. The number of hydrogen-bond acceptors (Lipinski definition) is 2. The second-order valence-corrected chi connectivity index (χ2v) is 4.77. The quantitative estimate of drug-likeness (QED) is 0.852. The molecule has 1 unspecified atom stereocenters. The van der Waals surface area contributed by atoms with Gasteiger partial charge in [-0.2, -0.15) is 13.2 Å². The number of rotatable bonds is 2. The molecule has 1 heterocycles. The standard InChI is InChI=1S/C15H13F4NO/c1-8-3-5-11(9(2)20-8)14(21)10-4-6-12(13(16)7-10)15(17,18)19/h3-7,14,21H,1-2H3. The zero-order chi connectivity index (χ0) is 15.8. The molecular formula is C15H13F4NO. The van der Waals surface area contributed by atoms with E-state index in [1.54, 1.807) is 26.0 Å². The van der Waals surface area contributed by atoms with Gasteiger partial charge in [0.25, 0.3) is 0 Å². The van der Waals surface area contributed by atoms with Gasteiger partial charge in [-0.05, 0) is 37.6 Å². The molecule has 0 saturated carbocycles. The summed E-state index contributed by atoms with van der Waals surface area (Å²) in [6.07, 6.45) is -5.98. The van der Waals surface area contributed by atoms with Gasteiger partial charge in [0.1, 0.15) is 11.9 Å². The van der Waals surface area contributed by atoms with E-state index in [1.165, 1.54) is 0 Å². The van der Waals surface area contributed by atoms with E-state index in [1.807, 2.05) is 0 Å². The number of aliphatic hydroxyl groups excluding tert-OH is 1. The van der Waals surface area contributed by atoms with Crippen LogP contribution in [0.15, 0.2) is 30.3 Å². The third-order valence-corrected chi connectivity index (χ3v) is 3.17. The monoisotopic (exact) mass is 299 g/mol. The van der Waals surface area contributed by atoms with Crippen LogP contribution in [-0.2, 0) is 6.18 Å². The maximum absolute atomic E-state index is 13.5. The lowest BCUT2D eigenvalue weighted by Gasteiger charge is -2.16. The minimum atomic E-state index is -4.76. The van der Waals surface area contributed by atoms with Crippen LogP contribution in [0.5, 0.6) is 0 Å². The van der Waals surface area contributed by atoms with Crippen LogP contribution in [0.2, 0.25) is 0 Å². The maximum atomic E-state index is 13.5. The van der Waals surface area contributed by atoms with Crippen molar-refractivity contribution in [2.24, 2.45) is 0 Å². The highest BCUT2D eigenvalue weighted by Gasteiger charge is 2.34. The molecule has 0 saturated heterocycles. The number of nitrogens with zero attached hydrogens (tertiary/aromatic N) is 1. The summed E-state index contributed by atoms with van der Waals surface area (Å²) >= 11 is 0. The summed E-state index contributed by atoms with van der Waals surface area (Å²) in [4.78, 5) is 4.17. The van der Waals surface area contributed by atoms with Crippen molar-refractivity contribution in [2.45, 2.75) is 26.1 Å². The molecule has 6 heteroatoms. The zero-order valence-corrected chi connectivity index (χ0v) is 11.4. The first kappa shape index (κ1) is 15.4. The summed E-state index contributed by atoms with van der Waals surface area (Å²) in [6.45, 7) is 3.45. The van der Waals surface area contributed by atoms with Gasteiger partial charge in [-0.3, -0.25) is 4.98 Å². The Labute approximate surface area is 119 Å². The fourth-order valence-corrected chi connectivity index (χ4v) is 2.10. The number of alkyl halides is 3. The first-order chi connectivity index (χ1) is 9.70. The van der Waals surface area contributed by atoms with Gasteiger partial charge in [-0.1, -0.05) is 12.1 Å². The second-order valence-electron chi connectivity index (χ2n) is 4.77. The largest absolute Gasteiger partial charge is 0.419 e. The molecule has 112 valence electrons. The van der Waals surface area contributed by atoms with Crippen LogP contribution in [0, 0.1) is 19.7 Å². The van der Waals surface area contributed by atoms with E-state index >= 15 is 0 Å². The van der Waals surface area contributed by atoms with Gasteiger partial charge in [0.15, 0.2) is 0 Å². The van der Waals surface area contributed by atoms with E-state index in [0.717, 1.165) is 11.8 Å². The number of aryl methyl sites for hydroxylation is 2. The second kappa shape index (κ2) is 5.44. The average Bonchev–Trinajstić information content (AvgIpc) is 2.36. The Balaban J connectivity index is 2.40. The Kier molecular flexibility index (Phi) is 4.00. The summed E-state index contributed by atoms with van der Waals surface area (Å²) in [7, 11) is 0. The molecular weight excluding hydrogens is 286 g/mol. The van der Waals surface area contributed by atoms with Gasteiger partial charge in [-0.15, -0.1) is 0 Å². The van der Waals surface area contributed by atoms with E-state index < -0.39 is 23.7 Å². The predicted molar refractivity (Wildman–Crippen MR) is 69.2 cm³/mol. The van der Waals surface area contributed by atoms with E-state index in [9.17, 15) is 22.7 Å². The summed E-state index contributed by atoms with van der Waals surface area (Å²) in [5.41, 5.74) is 0.427. The summed E-state index contributed by atoms with van der Waals surface area (Å²) in [5, 5.41) is 10.2. The van der Waals surface area contributed by atoms with Crippen molar-refractivity contribution in [3.8, 4) is 0 Å². The van der Waals surface area contributed by atoms with Crippen LogP contribution >= 0.6 is 0 Å². The smallest absolute Gasteiger partial charge is 0.384 e. The molecule has 1 atom stereocenters. The summed E-state index contributed by atoms with van der Waals surface area (Å²) < 4.78 is 51.0. The highest BCUT2D eigenvalue weighted by atomic mass is 19.4. The number of halogens is 4. The molecule has 0 aliphatic carbocycles. The van der Waals surface area contributed by atoms with Crippen LogP contribution in [0.1, 0.15) is 34.2 Å². The Bertz CT molecular complexity index is 667. The van der Waals surface area contributed by atoms with Crippen molar-refractivity contribution in [2.75, 3.05) is 0 Å². The van der Waals surface area contributed by atoms with Gasteiger partial charge in [0.2, 0.25) is 0 Å². The number of hydrogen-bond donors (Lipinski definition) is 1. The molecule has 0 aliphatic rings. The van der Waals surface area contributed by atoms with Crippen LogP contribution < -0.4 is 0 Å². The predicted octanol–water partition coefficient (Wildman–Crippen LogP) is 3.94. The van der Waals surface area contributed by atoms with Crippen molar-refractivity contribution in [3.63, 3.8) is 0 Å². The highest BCUT2D eigenvalue weighted by molar-refractivity contribution is 5.35. The van der Waals surface area contributed by atoms with Gasteiger partial charge in [-0.25, -0.2) is 4.39 Å². The van der Waals surface area contributed by atoms with Gasteiger partial charge < -0.3 is 5.11 Å². The van der Waals surface area contributed by atoms with Crippen LogP contribution in [0.3, 0.4) is 0 Å². The molecule has 2 nitrogen and oxygen atoms in total. The van der Waals surface area contributed by atoms with E-state index in [4.69, 9.17) is 0 Å². The first-order valence-electron chi connectivity index (χ1n) is 6.19. The highest BCUT2D eigenvalue weighted by Crippen LogP contribution is 2.33. The molecule has 0 fully saturated rings. The van der Waals surface area contributed by atoms with E-state index in [-0.39, 0.29) is 5.56 Å². The third kappa shape index (κ3) is 3.21. The topological polar surface area (TPSA) is 33.1 Å². The molecule has 0 aliphatic heterocycles. The Hall–Kier alpha value is -1.95. The minimum Gasteiger partial charge on any atom is -0.384 e. The molecule has 0 spiro atoms. The van der Waals surface area contributed by atoms with Gasteiger partial charge in [0.05, 0.1) is 5.56 Å². The SMILES string of the molecule is Cc1ccc(C(O)c2ccc(C(F)(F)F)c(F)c2)c(C)n1. The van der Waals surface area contributed by atoms with Crippen molar-refractivity contribution in [1.29, 1.82) is 0 Å². The van der Waals surface area contributed by atoms with Crippen LogP contribution in [-0.4, -0.2) is 10.1 Å². The number of aromatic nitrogens is 1. The molecule has 0 radical (unpaired) electrons. The number of benzene rings is 1. The third-order valence-electron chi connectivity index (χ3n) is 3.17. The molecule has 2 rings (SSSR count). The normalized spacial score (nSPS) is 13.3. The fourth-order valence-electron chi connectivity index (χ4n) is 2.10. The van der Waals surface area contributed by atoms with Crippen LogP contribution in [0.4, 0.5) is 17.6 Å². The van der Waals surface area contributed by atoms with E-state index in [0.29, 0.717) is 23.4 Å². The average molecular weight is 299 g/mol. The molecule has 0 bridgehead atoms. The number of pyridine rings is 1. The Morgan fingerprint density at radius 1 is 1.10 bits per heavy atom. The van der Waals surface area contributed by atoms with Crippen molar-refractivity contribution < 1.29 is 22.7 Å². The molecule has 0 amide bonds. The van der Waals surface area contributed by atoms with Crippen molar-refractivity contribution in [3.05, 3.63) is 64.2 Å². The lowest BCUT2D eigenvalue weighted by Crippen LogP contribution is -2.10. The number of aliphatic hydroxyl groups is 1. The fraction of sp³-hybridized carbons (Fsp3) is 0.267. The molecule has 1 N–H and O–H groups in total. The minimum absolute atomic E-state index is 0.0502. The van der Waals surface area contributed by atoms with Gasteiger partial charge >= 0.3 is 6.18 Å². The lowest BCUT2D eigenvalue weighted by atomic mass is 9.98.